The van der Waals surface area contributed by atoms with Crippen LogP contribution in [0.3, 0.4) is 0 Å². The summed E-state index contributed by atoms with van der Waals surface area (Å²) in [5, 5.41) is 0.0635. The molecule has 0 aromatic carbocycles. The lowest BCUT2D eigenvalue weighted by Crippen LogP contribution is -2.38. The molecule has 0 N–H and O–H groups in total. The van der Waals surface area contributed by atoms with Crippen molar-refractivity contribution >= 4 is 17.6 Å². The first kappa shape index (κ1) is 13.6. The van der Waals surface area contributed by atoms with Crippen molar-refractivity contribution in [3.05, 3.63) is 0 Å². The maximum Gasteiger partial charge on any atom is 0.184 e. The van der Waals surface area contributed by atoms with E-state index in [0.29, 0.717) is 0 Å². The molecule has 0 radical (unpaired) electrons. The lowest BCUT2D eigenvalue weighted by Gasteiger charge is -2.36. The maximum atomic E-state index is 6.21. The lowest BCUT2D eigenvalue weighted by atomic mass is 10.1. The highest BCUT2D eigenvalue weighted by atomic mass is 31.0. The van der Waals surface area contributed by atoms with Crippen molar-refractivity contribution in [1.82, 2.24) is 0 Å². The van der Waals surface area contributed by atoms with E-state index in [2.05, 4.69) is 42.7 Å². The molecule has 0 aliphatic rings. The van der Waals surface area contributed by atoms with Gasteiger partial charge in [0.2, 0.25) is 0 Å². The maximum absolute atomic E-state index is 6.21. The third-order valence-corrected chi connectivity index (χ3v) is 3.81. The minimum absolute atomic E-state index is 0.0635. The van der Waals surface area contributed by atoms with Crippen LogP contribution in [-0.2, 0) is 4.43 Å². The molecule has 1 nitrogen and oxygen atoms in total. The molecule has 0 rings (SSSR count). The van der Waals surface area contributed by atoms with Crippen LogP contribution in [0, 0.1) is 0 Å². The summed E-state index contributed by atoms with van der Waals surface area (Å²) < 4.78 is 6.21. The Labute approximate surface area is 87.0 Å². The van der Waals surface area contributed by atoms with Gasteiger partial charge in [-0.15, -0.1) is 9.24 Å². The van der Waals surface area contributed by atoms with Crippen LogP contribution in [0.5, 0.6) is 0 Å². The minimum atomic E-state index is -1.39. The smallest absolute Gasteiger partial charge is 0.184 e. The number of rotatable bonds is 6. The molecule has 0 saturated carbocycles. The topological polar surface area (TPSA) is 9.23 Å². The van der Waals surface area contributed by atoms with Crippen molar-refractivity contribution in [3.63, 3.8) is 0 Å². The van der Waals surface area contributed by atoms with Crippen molar-refractivity contribution in [2.45, 2.75) is 64.5 Å². The van der Waals surface area contributed by atoms with Gasteiger partial charge in [0, 0.05) is 0 Å². The molecule has 0 saturated heterocycles. The van der Waals surface area contributed by atoms with Crippen LogP contribution in [0.15, 0.2) is 0 Å². The zero-order valence-electron chi connectivity index (χ0n) is 9.81. The summed E-state index contributed by atoms with van der Waals surface area (Å²) in [7, 11) is 1.55. The summed E-state index contributed by atoms with van der Waals surface area (Å²) in [6.07, 6.45) is 4.73. The number of hydrogen-bond acceptors (Lipinski definition) is 1. The zero-order valence-corrected chi connectivity index (χ0v) is 12.0. The van der Waals surface area contributed by atoms with E-state index >= 15 is 0 Å². The predicted octanol–water partition coefficient (Wildman–Crippen LogP) is 4.01. The minimum Gasteiger partial charge on any atom is -0.409 e. The van der Waals surface area contributed by atoms with Gasteiger partial charge in [0.15, 0.2) is 8.32 Å². The van der Waals surface area contributed by atoms with E-state index in [1.165, 1.54) is 12.8 Å². The van der Waals surface area contributed by atoms with E-state index < -0.39 is 8.32 Å². The van der Waals surface area contributed by atoms with E-state index in [0.717, 1.165) is 12.8 Å². The standard InChI is InChI=1S/C10H25OPSi/c1-6-8-10(12,9-7-2)11-13(3,4)5/h6-9,12H2,1-5H3. The summed E-state index contributed by atoms with van der Waals surface area (Å²) in [6, 6.07) is 0. The fraction of sp³-hybridized carbons (Fsp3) is 1.00. The van der Waals surface area contributed by atoms with Gasteiger partial charge in [-0.05, 0) is 32.5 Å². The molecule has 0 aromatic heterocycles. The highest BCUT2D eigenvalue weighted by Gasteiger charge is 2.29. The fourth-order valence-corrected chi connectivity index (χ4v) is 4.74. The Hall–Kier alpha value is 0.607. The van der Waals surface area contributed by atoms with Crippen molar-refractivity contribution in [2.75, 3.05) is 0 Å². The van der Waals surface area contributed by atoms with E-state index in [1.54, 1.807) is 0 Å². The summed E-state index contributed by atoms with van der Waals surface area (Å²) in [4.78, 5) is 0. The Kier molecular flexibility index (Phi) is 5.73. The van der Waals surface area contributed by atoms with E-state index in [4.69, 9.17) is 4.43 Å². The Morgan fingerprint density at radius 3 is 1.69 bits per heavy atom. The van der Waals surface area contributed by atoms with Crippen molar-refractivity contribution in [2.24, 2.45) is 0 Å². The monoisotopic (exact) mass is 220 g/mol. The van der Waals surface area contributed by atoms with Gasteiger partial charge in [0.05, 0.1) is 5.34 Å². The van der Waals surface area contributed by atoms with Gasteiger partial charge in [-0.3, -0.25) is 0 Å². The van der Waals surface area contributed by atoms with Gasteiger partial charge < -0.3 is 4.43 Å². The van der Waals surface area contributed by atoms with E-state index in [-0.39, 0.29) is 5.34 Å². The van der Waals surface area contributed by atoms with Gasteiger partial charge in [-0.2, -0.15) is 0 Å². The predicted molar refractivity (Wildman–Crippen MR) is 66.7 cm³/mol. The second-order valence-corrected chi connectivity index (χ2v) is 10.3. The molecule has 0 bridgehead atoms. The summed E-state index contributed by atoms with van der Waals surface area (Å²) >= 11 is 0. The molecule has 0 aliphatic heterocycles. The first-order valence-electron chi connectivity index (χ1n) is 5.32. The Morgan fingerprint density at radius 1 is 1.08 bits per heavy atom. The lowest BCUT2D eigenvalue weighted by molar-refractivity contribution is 0.134. The third kappa shape index (κ3) is 6.65. The molecule has 13 heavy (non-hydrogen) atoms. The molecule has 0 aliphatic carbocycles. The van der Waals surface area contributed by atoms with Crippen LogP contribution >= 0.6 is 9.24 Å². The average Bonchev–Trinajstić information content (AvgIpc) is 1.82. The Balaban J connectivity index is 4.22. The van der Waals surface area contributed by atoms with Gasteiger partial charge in [0.25, 0.3) is 0 Å². The van der Waals surface area contributed by atoms with Crippen LogP contribution in [-0.4, -0.2) is 13.7 Å². The molecule has 1 unspecified atom stereocenters. The normalized spacial score (nSPS) is 13.4. The van der Waals surface area contributed by atoms with Crippen LogP contribution in [0.2, 0.25) is 19.6 Å². The summed E-state index contributed by atoms with van der Waals surface area (Å²) in [6.45, 7) is 11.2. The van der Waals surface area contributed by atoms with E-state index in [1.807, 2.05) is 0 Å². The summed E-state index contributed by atoms with van der Waals surface area (Å²) in [5.41, 5.74) is 0. The summed E-state index contributed by atoms with van der Waals surface area (Å²) in [5.74, 6) is 0. The van der Waals surface area contributed by atoms with Gasteiger partial charge in [-0.25, -0.2) is 0 Å². The SMILES string of the molecule is CCCC(P)(CCC)O[Si](C)(C)C. The second-order valence-electron chi connectivity index (χ2n) is 4.78. The van der Waals surface area contributed by atoms with Gasteiger partial charge >= 0.3 is 0 Å². The Bertz CT molecular complexity index is 136. The Morgan fingerprint density at radius 2 is 1.46 bits per heavy atom. The van der Waals surface area contributed by atoms with Crippen molar-refractivity contribution in [1.29, 1.82) is 0 Å². The molecule has 80 valence electrons. The molecule has 1 atom stereocenters. The molecule has 3 heteroatoms. The average molecular weight is 220 g/mol. The van der Waals surface area contributed by atoms with Crippen LogP contribution in [0.4, 0.5) is 0 Å². The zero-order chi connectivity index (χ0) is 10.5. The van der Waals surface area contributed by atoms with Gasteiger partial charge in [0.1, 0.15) is 0 Å². The molecule has 0 fully saturated rings. The molecular formula is C10H25OPSi. The van der Waals surface area contributed by atoms with E-state index in [9.17, 15) is 0 Å². The highest BCUT2D eigenvalue weighted by molar-refractivity contribution is 7.18. The molecular weight excluding hydrogens is 195 g/mol. The van der Waals surface area contributed by atoms with Gasteiger partial charge in [-0.1, -0.05) is 26.7 Å². The first-order valence-corrected chi connectivity index (χ1v) is 9.30. The quantitative estimate of drug-likeness (QED) is 0.485. The fourth-order valence-electron chi connectivity index (χ4n) is 1.68. The van der Waals surface area contributed by atoms with Crippen LogP contribution in [0.25, 0.3) is 0 Å². The van der Waals surface area contributed by atoms with Crippen LogP contribution in [0.1, 0.15) is 39.5 Å². The molecule has 0 aromatic rings. The first-order chi connectivity index (χ1) is 5.83. The van der Waals surface area contributed by atoms with Crippen molar-refractivity contribution < 1.29 is 4.43 Å². The third-order valence-electron chi connectivity index (χ3n) is 1.86. The largest absolute Gasteiger partial charge is 0.409 e. The van der Waals surface area contributed by atoms with Crippen LogP contribution < -0.4 is 0 Å². The highest BCUT2D eigenvalue weighted by Crippen LogP contribution is 2.34. The van der Waals surface area contributed by atoms with Crippen molar-refractivity contribution in [3.8, 4) is 0 Å². The second kappa shape index (κ2) is 5.48. The number of hydrogen-bond donors (Lipinski definition) is 0. The molecule has 0 heterocycles. The molecule has 0 amide bonds. The molecule has 0 spiro atoms.